The van der Waals surface area contributed by atoms with Crippen molar-refractivity contribution in [1.82, 2.24) is 0 Å². The minimum atomic E-state index is -0.283. The van der Waals surface area contributed by atoms with Crippen LogP contribution >= 0.6 is 0 Å². The van der Waals surface area contributed by atoms with Crippen LogP contribution in [0.15, 0.2) is 48.0 Å². The van der Waals surface area contributed by atoms with Crippen LogP contribution in [0.1, 0.15) is 46.0 Å². The highest BCUT2D eigenvalue weighted by Gasteiger charge is 2.20. The minimum Gasteiger partial charge on any atom is -0.465 e. The lowest BCUT2D eigenvalue weighted by molar-refractivity contribution is 0.0600. The Bertz CT molecular complexity index is 769. The third-order valence-electron chi connectivity index (χ3n) is 4.30. The zero-order chi connectivity index (χ0) is 15.7. The van der Waals surface area contributed by atoms with Crippen molar-refractivity contribution in [3.63, 3.8) is 0 Å². The lowest BCUT2D eigenvalue weighted by Crippen LogP contribution is -2.08. The highest BCUT2D eigenvalue weighted by Crippen LogP contribution is 2.36. The second-order valence-electron chi connectivity index (χ2n) is 5.89. The van der Waals surface area contributed by atoms with Gasteiger partial charge in [-0.2, -0.15) is 0 Å². The topological polar surface area (TPSA) is 26.3 Å². The summed E-state index contributed by atoms with van der Waals surface area (Å²) in [6.45, 7) is 4.29. The van der Waals surface area contributed by atoms with Gasteiger partial charge in [0.1, 0.15) is 0 Å². The molecule has 2 aromatic carbocycles. The van der Waals surface area contributed by atoms with E-state index in [9.17, 15) is 4.79 Å². The van der Waals surface area contributed by atoms with Crippen molar-refractivity contribution in [3.05, 3.63) is 75.9 Å². The number of methoxy groups -OCH3 is 1. The monoisotopic (exact) mass is 292 g/mol. The molecule has 0 N–H and O–H groups in total. The molecule has 112 valence electrons. The number of hydrogen-bond acceptors (Lipinski definition) is 2. The van der Waals surface area contributed by atoms with Crippen molar-refractivity contribution >= 4 is 11.5 Å². The van der Waals surface area contributed by atoms with Gasteiger partial charge in [-0.15, -0.1) is 0 Å². The second-order valence-corrected chi connectivity index (χ2v) is 5.89. The van der Waals surface area contributed by atoms with Gasteiger partial charge in [-0.05, 0) is 61.1 Å². The predicted octanol–water partition coefficient (Wildman–Crippen LogP) is 4.55. The number of carbonyl (C=O) groups is 1. The smallest absolute Gasteiger partial charge is 0.337 e. The van der Waals surface area contributed by atoms with E-state index < -0.39 is 0 Å². The Balaban J connectivity index is 2.17. The summed E-state index contributed by atoms with van der Waals surface area (Å²) < 4.78 is 4.86. The van der Waals surface area contributed by atoms with E-state index in [1.165, 1.54) is 34.9 Å². The van der Waals surface area contributed by atoms with E-state index in [-0.39, 0.29) is 5.97 Å². The van der Waals surface area contributed by atoms with E-state index in [0.717, 1.165) is 18.4 Å². The number of hydrogen-bond donors (Lipinski definition) is 0. The quantitative estimate of drug-likeness (QED) is 0.759. The molecule has 0 aliphatic heterocycles. The summed E-state index contributed by atoms with van der Waals surface area (Å²) in [4.78, 5) is 11.8. The Kier molecular flexibility index (Phi) is 3.84. The Labute approximate surface area is 131 Å². The van der Waals surface area contributed by atoms with E-state index in [4.69, 9.17) is 4.74 Å². The summed E-state index contributed by atoms with van der Waals surface area (Å²) in [5.41, 5.74) is 8.18. The molecule has 1 aliphatic carbocycles. The van der Waals surface area contributed by atoms with Gasteiger partial charge in [0.25, 0.3) is 0 Å². The van der Waals surface area contributed by atoms with Gasteiger partial charge in [-0.1, -0.05) is 41.5 Å². The van der Waals surface area contributed by atoms with Crippen molar-refractivity contribution < 1.29 is 9.53 Å². The average molecular weight is 292 g/mol. The molecule has 0 bridgehead atoms. The standard InChI is InChI=1S/C20H20O2/c1-13-5-4-6-16(11-13)19-14(2)7-8-15-9-10-17(12-18(15)19)20(21)22-3/h4-6,9-12H,7-8H2,1-3H3. The fourth-order valence-electron chi connectivity index (χ4n) is 3.15. The number of fused-ring (bicyclic) bond motifs is 1. The molecular formula is C20H20O2. The molecule has 2 aromatic rings. The molecule has 1 aliphatic rings. The lowest BCUT2D eigenvalue weighted by Gasteiger charge is -2.23. The van der Waals surface area contributed by atoms with Gasteiger partial charge < -0.3 is 4.74 Å². The molecule has 0 atom stereocenters. The predicted molar refractivity (Wildman–Crippen MR) is 89.0 cm³/mol. The van der Waals surface area contributed by atoms with Crippen LogP contribution in [0, 0.1) is 6.92 Å². The molecule has 0 amide bonds. The molecule has 0 spiro atoms. The number of allylic oxidation sites excluding steroid dienone is 1. The summed E-state index contributed by atoms with van der Waals surface area (Å²) in [6, 6.07) is 14.4. The SMILES string of the molecule is COC(=O)c1ccc2c(c1)C(c1cccc(C)c1)=C(C)CC2. The van der Waals surface area contributed by atoms with Crippen molar-refractivity contribution in [1.29, 1.82) is 0 Å². The van der Waals surface area contributed by atoms with Crippen molar-refractivity contribution in [3.8, 4) is 0 Å². The van der Waals surface area contributed by atoms with Crippen LogP contribution in [-0.2, 0) is 11.2 Å². The van der Waals surface area contributed by atoms with Crippen LogP contribution in [0.5, 0.6) is 0 Å². The van der Waals surface area contributed by atoms with Crippen LogP contribution < -0.4 is 0 Å². The first kappa shape index (κ1) is 14.6. The molecule has 3 rings (SSSR count). The van der Waals surface area contributed by atoms with Gasteiger partial charge in [0, 0.05) is 0 Å². The van der Waals surface area contributed by atoms with Gasteiger partial charge in [-0.25, -0.2) is 4.79 Å². The molecule has 2 heteroatoms. The Hall–Kier alpha value is -2.35. The first-order chi connectivity index (χ1) is 10.6. The summed E-state index contributed by atoms with van der Waals surface area (Å²) in [5, 5.41) is 0. The molecule has 0 saturated carbocycles. The van der Waals surface area contributed by atoms with Crippen molar-refractivity contribution in [2.75, 3.05) is 7.11 Å². The molecule has 0 radical (unpaired) electrons. The van der Waals surface area contributed by atoms with Crippen LogP contribution in [0.4, 0.5) is 0 Å². The van der Waals surface area contributed by atoms with Gasteiger partial charge in [0.15, 0.2) is 0 Å². The van der Waals surface area contributed by atoms with E-state index in [0.29, 0.717) is 5.56 Å². The first-order valence-corrected chi connectivity index (χ1v) is 7.58. The lowest BCUT2D eigenvalue weighted by atomic mass is 9.82. The maximum atomic E-state index is 11.8. The summed E-state index contributed by atoms with van der Waals surface area (Å²) in [5.74, 6) is -0.283. The zero-order valence-corrected chi connectivity index (χ0v) is 13.3. The number of rotatable bonds is 2. The Morgan fingerprint density at radius 1 is 1.05 bits per heavy atom. The Morgan fingerprint density at radius 2 is 1.86 bits per heavy atom. The highest BCUT2D eigenvalue weighted by molar-refractivity contribution is 5.93. The van der Waals surface area contributed by atoms with Crippen molar-refractivity contribution in [2.24, 2.45) is 0 Å². The molecule has 2 nitrogen and oxygen atoms in total. The van der Waals surface area contributed by atoms with E-state index in [1.807, 2.05) is 12.1 Å². The number of carbonyl (C=O) groups excluding carboxylic acids is 1. The average Bonchev–Trinajstić information content (AvgIpc) is 2.53. The summed E-state index contributed by atoms with van der Waals surface area (Å²) >= 11 is 0. The van der Waals surface area contributed by atoms with Gasteiger partial charge >= 0.3 is 5.97 Å². The van der Waals surface area contributed by atoms with Crippen LogP contribution in [0.3, 0.4) is 0 Å². The third kappa shape index (κ3) is 2.57. The number of aryl methyl sites for hydroxylation is 2. The van der Waals surface area contributed by atoms with E-state index in [1.54, 1.807) is 0 Å². The van der Waals surface area contributed by atoms with E-state index in [2.05, 4.69) is 44.2 Å². The number of ether oxygens (including phenoxy) is 1. The largest absolute Gasteiger partial charge is 0.465 e. The molecule has 0 heterocycles. The van der Waals surface area contributed by atoms with Crippen LogP contribution in [0.2, 0.25) is 0 Å². The van der Waals surface area contributed by atoms with Gasteiger partial charge in [-0.3, -0.25) is 0 Å². The second kappa shape index (κ2) is 5.80. The van der Waals surface area contributed by atoms with Crippen LogP contribution in [-0.4, -0.2) is 13.1 Å². The summed E-state index contributed by atoms with van der Waals surface area (Å²) in [7, 11) is 1.42. The zero-order valence-electron chi connectivity index (χ0n) is 13.3. The molecule has 0 fully saturated rings. The molecular weight excluding hydrogens is 272 g/mol. The maximum Gasteiger partial charge on any atom is 0.337 e. The number of esters is 1. The van der Waals surface area contributed by atoms with Gasteiger partial charge in [0.05, 0.1) is 12.7 Å². The molecule has 0 aromatic heterocycles. The fourth-order valence-corrected chi connectivity index (χ4v) is 3.15. The maximum absolute atomic E-state index is 11.8. The van der Waals surface area contributed by atoms with E-state index >= 15 is 0 Å². The van der Waals surface area contributed by atoms with Gasteiger partial charge in [0.2, 0.25) is 0 Å². The molecule has 0 saturated heterocycles. The highest BCUT2D eigenvalue weighted by atomic mass is 16.5. The molecule has 0 unspecified atom stereocenters. The summed E-state index contributed by atoms with van der Waals surface area (Å²) in [6.07, 6.45) is 2.09. The minimum absolute atomic E-state index is 0.283. The van der Waals surface area contributed by atoms with Crippen molar-refractivity contribution in [2.45, 2.75) is 26.7 Å². The third-order valence-corrected chi connectivity index (χ3v) is 4.30. The first-order valence-electron chi connectivity index (χ1n) is 7.58. The fraction of sp³-hybridized carbons (Fsp3) is 0.250. The Morgan fingerprint density at radius 3 is 2.59 bits per heavy atom. The normalized spacial score (nSPS) is 13.8. The number of benzene rings is 2. The van der Waals surface area contributed by atoms with Crippen LogP contribution in [0.25, 0.3) is 5.57 Å². The molecule has 22 heavy (non-hydrogen) atoms.